The molecule has 1 heterocycles. The molecular weight excluding hydrogens is 164 g/mol. The second-order valence-corrected chi connectivity index (χ2v) is 4.62. The molecule has 10 heavy (non-hydrogen) atoms. The molecule has 57 valence electrons. The SMILES string of the molecule is O=[C]C1CSCCCSC1. The van der Waals surface area contributed by atoms with Crippen LogP contribution in [0.4, 0.5) is 0 Å². The van der Waals surface area contributed by atoms with Crippen molar-refractivity contribution in [3.63, 3.8) is 0 Å². The molecule has 1 aliphatic heterocycles. The molecule has 0 spiro atoms. The molecule has 0 unspecified atom stereocenters. The van der Waals surface area contributed by atoms with Crippen molar-refractivity contribution in [2.24, 2.45) is 5.92 Å². The van der Waals surface area contributed by atoms with Crippen LogP contribution in [0.3, 0.4) is 0 Å². The first-order chi connectivity index (χ1) is 4.93. The fourth-order valence-corrected chi connectivity index (χ4v) is 3.13. The molecule has 1 fully saturated rings. The topological polar surface area (TPSA) is 17.1 Å². The van der Waals surface area contributed by atoms with Crippen molar-refractivity contribution >= 4 is 29.8 Å². The number of hydrogen-bond donors (Lipinski definition) is 0. The van der Waals surface area contributed by atoms with Crippen molar-refractivity contribution in [3.8, 4) is 0 Å². The van der Waals surface area contributed by atoms with Crippen molar-refractivity contribution in [2.45, 2.75) is 6.42 Å². The monoisotopic (exact) mass is 175 g/mol. The van der Waals surface area contributed by atoms with E-state index in [4.69, 9.17) is 0 Å². The maximum atomic E-state index is 10.3. The van der Waals surface area contributed by atoms with Crippen LogP contribution < -0.4 is 0 Å². The van der Waals surface area contributed by atoms with Gasteiger partial charge in [-0.1, -0.05) is 0 Å². The summed E-state index contributed by atoms with van der Waals surface area (Å²) < 4.78 is 0. The van der Waals surface area contributed by atoms with Gasteiger partial charge in [0.15, 0.2) is 0 Å². The summed E-state index contributed by atoms with van der Waals surface area (Å²) in [5.74, 6) is 4.58. The Morgan fingerprint density at radius 3 is 2.30 bits per heavy atom. The van der Waals surface area contributed by atoms with E-state index in [1.165, 1.54) is 17.9 Å². The van der Waals surface area contributed by atoms with Crippen molar-refractivity contribution in [1.82, 2.24) is 0 Å². The number of rotatable bonds is 1. The lowest BCUT2D eigenvalue weighted by Crippen LogP contribution is -2.11. The van der Waals surface area contributed by atoms with E-state index in [2.05, 4.69) is 6.29 Å². The van der Waals surface area contributed by atoms with Crippen LogP contribution in [0.2, 0.25) is 0 Å². The average molecular weight is 175 g/mol. The van der Waals surface area contributed by atoms with E-state index in [0.717, 1.165) is 11.5 Å². The first kappa shape index (κ1) is 8.47. The second-order valence-electron chi connectivity index (χ2n) is 2.32. The van der Waals surface area contributed by atoms with Gasteiger partial charge in [-0.3, -0.25) is 4.79 Å². The average Bonchev–Trinajstić information content (AvgIpc) is 1.87. The molecule has 0 aromatic carbocycles. The highest BCUT2D eigenvalue weighted by atomic mass is 32.2. The predicted octanol–water partition coefficient (Wildman–Crippen LogP) is 1.58. The van der Waals surface area contributed by atoms with Crippen LogP contribution in [0, 0.1) is 5.92 Å². The van der Waals surface area contributed by atoms with E-state index < -0.39 is 0 Å². The van der Waals surface area contributed by atoms with Crippen LogP contribution in [0.25, 0.3) is 0 Å². The summed E-state index contributed by atoms with van der Waals surface area (Å²) in [6.45, 7) is 0. The van der Waals surface area contributed by atoms with E-state index in [-0.39, 0.29) is 5.92 Å². The third-order valence-corrected chi connectivity index (χ3v) is 3.81. The molecule has 1 nitrogen and oxygen atoms in total. The molecule has 1 rings (SSSR count). The third kappa shape index (κ3) is 2.97. The van der Waals surface area contributed by atoms with Crippen molar-refractivity contribution in [3.05, 3.63) is 0 Å². The molecule has 1 radical (unpaired) electrons. The number of carbonyl (C=O) groups excluding carboxylic acids is 1. The fourth-order valence-electron chi connectivity index (χ4n) is 0.830. The standard InChI is InChI=1S/C7H11OS2/c8-4-7-5-9-2-1-3-10-6-7/h7H,1-3,5-6H2. The van der Waals surface area contributed by atoms with Crippen LogP contribution in [0.15, 0.2) is 0 Å². The van der Waals surface area contributed by atoms with E-state index in [1.807, 2.05) is 23.5 Å². The molecule has 0 aliphatic carbocycles. The summed E-state index contributed by atoms with van der Waals surface area (Å²) in [5.41, 5.74) is 0. The zero-order valence-electron chi connectivity index (χ0n) is 5.84. The summed E-state index contributed by atoms with van der Waals surface area (Å²) >= 11 is 3.77. The van der Waals surface area contributed by atoms with Gasteiger partial charge in [-0.05, 0) is 17.9 Å². The summed E-state index contributed by atoms with van der Waals surface area (Å²) in [5, 5.41) is 0. The summed E-state index contributed by atoms with van der Waals surface area (Å²) in [4.78, 5) is 10.3. The normalized spacial score (nSPS) is 23.2. The minimum atomic E-state index is 0.190. The van der Waals surface area contributed by atoms with Crippen LogP contribution in [-0.4, -0.2) is 29.3 Å². The van der Waals surface area contributed by atoms with Crippen LogP contribution in [0.5, 0.6) is 0 Å². The summed E-state index contributed by atoms with van der Waals surface area (Å²) in [6.07, 6.45) is 3.37. The maximum Gasteiger partial charge on any atom is 0.203 e. The van der Waals surface area contributed by atoms with Gasteiger partial charge < -0.3 is 0 Å². The number of hydrogen-bond acceptors (Lipinski definition) is 3. The molecule has 1 saturated heterocycles. The molecule has 0 bridgehead atoms. The lowest BCUT2D eigenvalue weighted by molar-refractivity contribution is 0.539. The fraction of sp³-hybridized carbons (Fsp3) is 0.857. The van der Waals surface area contributed by atoms with Crippen molar-refractivity contribution in [1.29, 1.82) is 0 Å². The van der Waals surface area contributed by atoms with Crippen LogP contribution in [0.1, 0.15) is 6.42 Å². The Hall–Kier alpha value is 0.370. The van der Waals surface area contributed by atoms with Gasteiger partial charge in [-0.25, -0.2) is 0 Å². The highest BCUT2D eigenvalue weighted by Crippen LogP contribution is 2.18. The lowest BCUT2D eigenvalue weighted by atomic mass is 10.2. The van der Waals surface area contributed by atoms with Gasteiger partial charge in [0.25, 0.3) is 0 Å². The third-order valence-electron chi connectivity index (χ3n) is 1.38. The first-order valence-electron chi connectivity index (χ1n) is 3.46. The smallest absolute Gasteiger partial charge is 0.203 e. The van der Waals surface area contributed by atoms with Gasteiger partial charge in [0.05, 0.1) is 0 Å². The Morgan fingerprint density at radius 2 is 1.80 bits per heavy atom. The largest absolute Gasteiger partial charge is 0.291 e. The minimum Gasteiger partial charge on any atom is -0.291 e. The van der Waals surface area contributed by atoms with Gasteiger partial charge in [0.2, 0.25) is 6.29 Å². The van der Waals surface area contributed by atoms with Crippen LogP contribution >= 0.6 is 23.5 Å². The van der Waals surface area contributed by atoms with Crippen LogP contribution in [-0.2, 0) is 4.79 Å². The zero-order valence-corrected chi connectivity index (χ0v) is 7.47. The molecule has 0 aromatic rings. The van der Waals surface area contributed by atoms with Gasteiger partial charge in [-0.2, -0.15) is 23.5 Å². The molecule has 1 aliphatic rings. The molecule has 0 amide bonds. The van der Waals surface area contributed by atoms with E-state index in [9.17, 15) is 4.79 Å². The summed E-state index contributed by atoms with van der Waals surface area (Å²) in [7, 11) is 0. The molecule has 0 saturated carbocycles. The van der Waals surface area contributed by atoms with Gasteiger partial charge in [0, 0.05) is 17.4 Å². The van der Waals surface area contributed by atoms with Gasteiger partial charge in [-0.15, -0.1) is 0 Å². The Morgan fingerprint density at radius 1 is 1.20 bits per heavy atom. The minimum absolute atomic E-state index is 0.190. The highest BCUT2D eigenvalue weighted by molar-refractivity contribution is 8.00. The molecule has 0 N–H and O–H groups in total. The van der Waals surface area contributed by atoms with Crippen molar-refractivity contribution < 1.29 is 4.79 Å². The maximum absolute atomic E-state index is 10.3. The Kier molecular flexibility index (Phi) is 4.30. The Balaban J connectivity index is 2.22. The van der Waals surface area contributed by atoms with E-state index in [0.29, 0.717) is 0 Å². The van der Waals surface area contributed by atoms with Crippen molar-refractivity contribution in [2.75, 3.05) is 23.0 Å². The Bertz CT molecular complexity index is 97.8. The molecule has 0 atom stereocenters. The molecule has 0 aromatic heterocycles. The Labute approximate surface area is 70.3 Å². The predicted molar refractivity (Wildman–Crippen MR) is 48.5 cm³/mol. The first-order valence-corrected chi connectivity index (χ1v) is 5.77. The quantitative estimate of drug-likeness (QED) is 0.602. The van der Waals surface area contributed by atoms with E-state index in [1.54, 1.807) is 0 Å². The van der Waals surface area contributed by atoms with Gasteiger partial charge in [0.1, 0.15) is 0 Å². The highest BCUT2D eigenvalue weighted by Gasteiger charge is 2.10. The summed E-state index contributed by atoms with van der Waals surface area (Å²) in [6, 6.07) is 0. The lowest BCUT2D eigenvalue weighted by Gasteiger charge is -2.11. The second kappa shape index (κ2) is 5.08. The van der Waals surface area contributed by atoms with Gasteiger partial charge >= 0.3 is 0 Å². The zero-order chi connectivity index (χ0) is 7.23. The van der Waals surface area contributed by atoms with E-state index >= 15 is 0 Å². The molecule has 3 heteroatoms. The molecular formula is C7H11OS2. The number of thioether (sulfide) groups is 2.